The normalized spacial score (nSPS) is 8.71. The first-order chi connectivity index (χ1) is 7.99. The van der Waals surface area contributed by atoms with Gasteiger partial charge >= 0.3 is 0 Å². The molecular formula is C8H5F4N3O2. The number of halogens is 4. The molecule has 0 radical (unpaired) electrons. The Labute approximate surface area is 92.0 Å². The first kappa shape index (κ1) is 14.7. The van der Waals surface area contributed by atoms with Crippen molar-refractivity contribution in [2.75, 3.05) is 6.61 Å². The first-order valence-electron chi connectivity index (χ1n) is 3.89. The average Bonchev–Trinajstić information content (AvgIpc) is 2.28. The van der Waals surface area contributed by atoms with Crippen molar-refractivity contribution in [1.29, 1.82) is 5.53 Å². The van der Waals surface area contributed by atoms with Crippen LogP contribution in [0.3, 0.4) is 0 Å². The van der Waals surface area contributed by atoms with E-state index in [2.05, 4.69) is 4.74 Å². The number of aldehydes is 1. The summed E-state index contributed by atoms with van der Waals surface area (Å²) in [6.45, 7) is -0.684. The van der Waals surface area contributed by atoms with Gasteiger partial charge in [-0.25, -0.2) is 8.78 Å². The summed E-state index contributed by atoms with van der Waals surface area (Å²) < 4.78 is 54.7. The van der Waals surface area contributed by atoms with E-state index in [1.165, 1.54) is 0 Å². The first-order valence-corrected chi connectivity index (χ1v) is 3.89. The Kier molecular flexibility index (Phi) is 6.12. The number of rotatable bonds is 3. The lowest BCUT2D eigenvalue weighted by atomic mass is 10.3. The standard InChI is InChI=1S/C8H4F4O2.HN3/c9-4-3-5(10)7(12)8(6(4)11)14-2-1-13;1-3-2/h1,3H,2H2;1H. The van der Waals surface area contributed by atoms with Crippen molar-refractivity contribution in [1.82, 2.24) is 0 Å². The highest BCUT2D eigenvalue weighted by Crippen LogP contribution is 2.25. The Hall–Kier alpha value is -2.28. The topological polar surface area (TPSA) is 86.6 Å². The molecule has 5 nitrogen and oxygen atoms in total. The third-order valence-corrected chi connectivity index (χ3v) is 1.37. The summed E-state index contributed by atoms with van der Waals surface area (Å²) in [6, 6.07) is 0.0540. The summed E-state index contributed by atoms with van der Waals surface area (Å²) in [5.74, 6) is -7.71. The lowest BCUT2D eigenvalue weighted by Gasteiger charge is -2.06. The molecule has 0 heterocycles. The van der Waals surface area contributed by atoms with Crippen molar-refractivity contribution in [3.63, 3.8) is 0 Å². The van der Waals surface area contributed by atoms with Crippen molar-refractivity contribution in [3.05, 3.63) is 39.8 Å². The van der Waals surface area contributed by atoms with Crippen molar-refractivity contribution in [2.24, 2.45) is 0 Å². The minimum atomic E-state index is -1.66. The number of benzene rings is 1. The highest BCUT2D eigenvalue weighted by Gasteiger charge is 2.20. The summed E-state index contributed by atoms with van der Waals surface area (Å²) >= 11 is 0. The van der Waals surface area contributed by atoms with Crippen LogP contribution < -0.4 is 4.74 Å². The highest BCUT2D eigenvalue weighted by molar-refractivity contribution is 5.51. The zero-order valence-electron chi connectivity index (χ0n) is 8.08. The van der Waals surface area contributed by atoms with E-state index < -0.39 is 35.6 Å². The van der Waals surface area contributed by atoms with Gasteiger partial charge in [0.15, 0.2) is 23.7 Å². The van der Waals surface area contributed by atoms with Crippen molar-refractivity contribution in [2.45, 2.75) is 0 Å². The summed E-state index contributed by atoms with van der Waals surface area (Å²) in [5, 5.41) is 0. The molecule has 0 aliphatic rings. The molecule has 0 bridgehead atoms. The van der Waals surface area contributed by atoms with Gasteiger partial charge in [0.05, 0.1) is 0 Å². The molecule has 0 unspecified atom stereocenters. The van der Waals surface area contributed by atoms with Crippen LogP contribution in [0.2, 0.25) is 0 Å². The zero-order chi connectivity index (χ0) is 13.4. The van der Waals surface area contributed by atoms with Gasteiger partial charge < -0.3 is 4.74 Å². The van der Waals surface area contributed by atoms with Crippen LogP contribution in [0.4, 0.5) is 17.6 Å². The number of hydrogen-bond donors (Lipinski definition) is 1. The fourth-order valence-electron chi connectivity index (χ4n) is 0.795. The molecular weight excluding hydrogens is 246 g/mol. The maximum Gasteiger partial charge on any atom is 0.203 e. The van der Waals surface area contributed by atoms with E-state index in [0.29, 0.717) is 0 Å². The number of nitrogens with one attached hydrogen (secondary N) is 1. The summed E-state index contributed by atoms with van der Waals surface area (Å²) in [5.41, 5.74) is 12.2. The maximum atomic E-state index is 12.7. The van der Waals surface area contributed by atoms with Gasteiger partial charge in [-0.15, -0.1) is 5.53 Å². The van der Waals surface area contributed by atoms with Crippen molar-refractivity contribution < 1.29 is 27.1 Å². The second-order valence-electron chi connectivity index (χ2n) is 2.37. The predicted octanol–water partition coefficient (Wildman–Crippen LogP) is 2.70. The molecule has 0 saturated carbocycles. The molecule has 92 valence electrons. The van der Waals surface area contributed by atoms with Crippen LogP contribution in [-0.2, 0) is 4.79 Å². The monoisotopic (exact) mass is 251 g/mol. The fraction of sp³-hybridized carbons (Fsp3) is 0.125. The molecule has 0 aromatic heterocycles. The van der Waals surface area contributed by atoms with E-state index in [4.69, 9.17) is 11.1 Å². The average molecular weight is 251 g/mol. The van der Waals surface area contributed by atoms with Crippen molar-refractivity contribution in [3.8, 4) is 5.75 Å². The minimum absolute atomic E-state index is 0.0540. The quantitative estimate of drug-likeness (QED) is 0.223. The van der Waals surface area contributed by atoms with Crippen LogP contribution in [0.1, 0.15) is 0 Å². The molecule has 1 rings (SSSR count). The number of carbonyl (C=O) groups is 1. The minimum Gasteiger partial charge on any atom is -0.480 e. The molecule has 1 aromatic carbocycles. The van der Waals surface area contributed by atoms with Crippen LogP contribution in [0.15, 0.2) is 6.07 Å². The lowest BCUT2D eigenvalue weighted by Crippen LogP contribution is -2.05. The number of carbonyl (C=O) groups excluding carboxylic acids is 1. The van der Waals surface area contributed by atoms with Gasteiger partial charge in [-0.1, -0.05) is 0 Å². The predicted molar refractivity (Wildman–Crippen MR) is 47.3 cm³/mol. The van der Waals surface area contributed by atoms with Crippen molar-refractivity contribution >= 4 is 6.29 Å². The third-order valence-electron chi connectivity index (χ3n) is 1.37. The van der Waals surface area contributed by atoms with Gasteiger partial charge in [0.2, 0.25) is 11.6 Å². The summed E-state index contributed by atoms with van der Waals surface area (Å²) in [7, 11) is 0. The Morgan fingerprint density at radius 3 is 2.06 bits per heavy atom. The largest absolute Gasteiger partial charge is 0.480 e. The fourth-order valence-corrected chi connectivity index (χ4v) is 0.795. The van der Waals surface area contributed by atoms with Gasteiger partial charge in [-0.2, -0.15) is 8.78 Å². The molecule has 0 atom stereocenters. The van der Waals surface area contributed by atoms with E-state index in [1.54, 1.807) is 4.91 Å². The van der Waals surface area contributed by atoms with E-state index >= 15 is 0 Å². The summed E-state index contributed by atoms with van der Waals surface area (Å²) in [4.78, 5) is 11.6. The van der Waals surface area contributed by atoms with Crippen LogP contribution in [0, 0.1) is 28.8 Å². The van der Waals surface area contributed by atoms with Gasteiger partial charge in [-0.3, -0.25) is 4.79 Å². The van der Waals surface area contributed by atoms with Gasteiger partial charge in [0.1, 0.15) is 6.61 Å². The molecule has 1 N–H and O–H groups in total. The molecule has 0 amide bonds. The van der Waals surface area contributed by atoms with Gasteiger partial charge in [0.25, 0.3) is 0 Å². The molecule has 0 fully saturated rings. The molecule has 0 saturated heterocycles. The van der Waals surface area contributed by atoms with Crippen LogP contribution >= 0.6 is 0 Å². The van der Waals surface area contributed by atoms with Gasteiger partial charge in [-0.05, 0) is 10.4 Å². The molecule has 0 spiro atoms. The Morgan fingerprint density at radius 1 is 1.29 bits per heavy atom. The SMILES string of the molecule is O=CCOc1c(F)c(F)cc(F)c1F.[N-]=[N+]=N. The van der Waals surface area contributed by atoms with Crippen LogP contribution in [0.25, 0.3) is 10.4 Å². The smallest absolute Gasteiger partial charge is 0.203 e. The number of ether oxygens (including phenoxy) is 1. The molecule has 17 heavy (non-hydrogen) atoms. The van der Waals surface area contributed by atoms with E-state index in [9.17, 15) is 22.4 Å². The molecule has 1 aromatic rings. The van der Waals surface area contributed by atoms with E-state index in [1.807, 2.05) is 0 Å². The molecule has 9 heteroatoms. The van der Waals surface area contributed by atoms with Crippen LogP contribution in [0.5, 0.6) is 5.75 Å². The Bertz CT molecular complexity index is 421. The Balaban J connectivity index is 0.000000770. The third kappa shape index (κ3) is 3.99. The lowest BCUT2D eigenvalue weighted by molar-refractivity contribution is -0.109. The molecule has 0 aliphatic carbocycles. The van der Waals surface area contributed by atoms with E-state index in [0.717, 1.165) is 0 Å². The van der Waals surface area contributed by atoms with Gasteiger partial charge in [0, 0.05) is 6.07 Å². The number of hydrogen-bond acceptors (Lipinski definition) is 3. The second kappa shape index (κ2) is 7.07. The molecule has 0 aliphatic heterocycles. The Morgan fingerprint density at radius 2 is 1.71 bits per heavy atom. The second-order valence-corrected chi connectivity index (χ2v) is 2.37. The van der Waals surface area contributed by atoms with Crippen LogP contribution in [-0.4, -0.2) is 12.9 Å². The summed E-state index contributed by atoms with van der Waals surface area (Å²) in [6.07, 6.45) is 0.196. The number of nitrogens with zero attached hydrogens (tertiary/aromatic N) is 2. The zero-order valence-corrected chi connectivity index (χ0v) is 8.08. The maximum absolute atomic E-state index is 12.7. The highest BCUT2D eigenvalue weighted by atomic mass is 19.2. The van der Waals surface area contributed by atoms with E-state index in [-0.39, 0.29) is 12.4 Å².